The molecular weight excluding hydrogens is 686 g/mol. The fourth-order valence-electron chi connectivity index (χ4n) is 8.05. The van der Waals surface area contributed by atoms with Crippen LogP contribution in [0.15, 0.2) is 109 Å². The first-order valence-corrected chi connectivity index (χ1v) is 17.8. The number of hydrogen-bond donors (Lipinski definition) is 2. The van der Waals surface area contributed by atoms with E-state index in [1.165, 1.54) is 16.9 Å². The number of para-hydroxylation sites is 1. The number of allylic oxidation sites excluding steroid dienone is 1. The first-order valence-electron chi connectivity index (χ1n) is 17.4. The molecule has 0 aliphatic carbocycles. The minimum Gasteiger partial charge on any atom is -0.455 e. The number of aliphatic hydroxyl groups excluding tert-OH is 1. The van der Waals surface area contributed by atoms with Crippen LogP contribution < -0.4 is 10.2 Å². The Morgan fingerprint density at radius 3 is 2.38 bits per heavy atom. The van der Waals surface area contributed by atoms with Crippen LogP contribution in [-0.4, -0.2) is 84.4 Å². The van der Waals surface area contributed by atoms with Gasteiger partial charge in [-0.3, -0.25) is 19.2 Å². The lowest BCUT2D eigenvalue weighted by molar-refractivity contribution is -0.162. The number of carbonyl (C=O) groups is 4. The van der Waals surface area contributed by atoms with Crippen LogP contribution >= 0.6 is 11.6 Å². The summed E-state index contributed by atoms with van der Waals surface area (Å²) in [6.07, 6.45) is 5.63. The number of nitrogens with one attached hydrogen (secondary N) is 1. The van der Waals surface area contributed by atoms with Crippen LogP contribution in [0.3, 0.4) is 0 Å². The summed E-state index contributed by atoms with van der Waals surface area (Å²) in [5.74, 6) is -4.33. The Kier molecular flexibility index (Phi) is 10.3. The number of ether oxygens (including phenoxy) is 3. The van der Waals surface area contributed by atoms with Gasteiger partial charge in [-0.25, -0.2) is 0 Å². The van der Waals surface area contributed by atoms with Crippen molar-refractivity contribution in [3.63, 3.8) is 0 Å². The minimum absolute atomic E-state index is 0.0393. The number of carbonyl (C=O) groups excluding carboxylic acids is 4. The van der Waals surface area contributed by atoms with Gasteiger partial charge in [0.1, 0.15) is 23.7 Å². The van der Waals surface area contributed by atoms with Gasteiger partial charge in [-0.1, -0.05) is 109 Å². The average Bonchev–Trinajstić information content (AvgIpc) is 3.80. The van der Waals surface area contributed by atoms with Gasteiger partial charge in [-0.15, -0.1) is 0 Å². The topological polar surface area (TPSA) is 135 Å². The Labute approximate surface area is 306 Å². The number of aliphatic hydroxyl groups is 1. The lowest BCUT2D eigenvalue weighted by Crippen LogP contribution is -2.57. The van der Waals surface area contributed by atoms with Gasteiger partial charge in [-0.2, -0.15) is 0 Å². The zero-order valence-corrected chi connectivity index (χ0v) is 29.3. The van der Waals surface area contributed by atoms with Crippen LogP contribution in [0.4, 0.5) is 5.69 Å². The van der Waals surface area contributed by atoms with Gasteiger partial charge in [0.05, 0.1) is 48.0 Å². The molecule has 0 aromatic heterocycles. The van der Waals surface area contributed by atoms with E-state index in [0.717, 1.165) is 0 Å². The van der Waals surface area contributed by atoms with Crippen LogP contribution in [0, 0.1) is 11.8 Å². The van der Waals surface area contributed by atoms with E-state index < -0.39 is 72.2 Å². The van der Waals surface area contributed by atoms with Crippen molar-refractivity contribution in [3.8, 4) is 0 Å². The first-order chi connectivity index (χ1) is 25.3. The Hall–Kier alpha value is -4.81. The fraction of sp³-hybridized carbons (Fsp3) is 0.350. The van der Waals surface area contributed by atoms with E-state index in [-0.39, 0.29) is 25.5 Å². The van der Waals surface area contributed by atoms with Crippen LogP contribution in [0.2, 0.25) is 5.02 Å². The second-order valence-electron chi connectivity index (χ2n) is 13.4. The summed E-state index contributed by atoms with van der Waals surface area (Å²) >= 11 is 6.69. The number of halogens is 1. The molecule has 4 heterocycles. The van der Waals surface area contributed by atoms with Crippen molar-refractivity contribution >= 4 is 41.0 Å². The Morgan fingerprint density at radius 1 is 0.962 bits per heavy atom. The van der Waals surface area contributed by atoms with Crippen LogP contribution in [0.25, 0.3) is 0 Å². The number of hydrogen-bond acceptors (Lipinski definition) is 8. The molecule has 0 saturated carbocycles. The number of nitrogens with zero attached hydrogens (tertiary/aromatic N) is 2. The summed E-state index contributed by atoms with van der Waals surface area (Å²) in [5.41, 5.74) is 0.0727. The summed E-state index contributed by atoms with van der Waals surface area (Å²) in [4.78, 5) is 60.9. The molecule has 7 rings (SSSR count). The van der Waals surface area contributed by atoms with E-state index in [0.29, 0.717) is 28.3 Å². The summed E-state index contributed by atoms with van der Waals surface area (Å²) in [6, 6.07) is 21.9. The quantitative estimate of drug-likeness (QED) is 0.272. The van der Waals surface area contributed by atoms with Crippen molar-refractivity contribution in [1.29, 1.82) is 0 Å². The molecule has 8 atom stereocenters. The van der Waals surface area contributed by atoms with Gasteiger partial charge in [0, 0.05) is 20.1 Å². The number of amides is 3. The van der Waals surface area contributed by atoms with Crippen molar-refractivity contribution in [2.24, 2.45) is 11.8 Å². The maximum Gasteiger partial charge on any atom is 0.313 e. The predicted molar refractivity (Wildman–Crippen MR) is 192 cm³/mol. The number of rotatable bonds is 7. The van der Waals surface area contributed by atoms with E-state index in [9.17, 15) is 19.5 Å². The molecular formula is C40H40ClN3O8. The second kappa shape index (κ2) is 15.0. The normalized spacial score (nSPS) is 30.2. The smallest absolute Gasteiger partial charge is 0.313 e. The van der Waals surface area contributed by atoms with Crippen molar-refractivity contribution in [3.05, 3.63) is 125 Å². The molecule has 52 heavy (non-hydrogen) atoms. The maximum atomic E-state index is 15.2. The number of esters is 1. The molecule has 3 aromatic rings. The number of benzene rings is 3. The van der Waals surface area contributed by atoms with E-state index in [1.54, 1.807) is 91.0 Å². The van der Waals surface area contributed by atoms with E-state index >= 15 is 4.79 Å². The Morgan fingerprint density at radius 2 is 1.67 bits per heavy atom. The van der Waals surface area contributed by atoms with Gasteiger partial charge in [0.2, 0.25) is 11.8 Å². The number of fused-ring (bicyclic) bond motifs is 2. The highest BCUT2D eigenvalue weighted by molar-refractivity contribution is 6.34. The zero-order valence-electron chi connectivity index (χ0n) is 28.5. The van der Waals surface area contributed by atoms with Gasteiger partial charge in [0.25, 0.3) is 5.91 Å². The van der Waals surface area contributed by atoms with Gasteiger partial charge in [0.15, 0.2) is 0 Å². The molecule has 0 unspecified atom stereocenters. The minimum atomic E-state index is -1.57. The summed E-state index contributed by atoms with van der Waals surface area (Å²) < 4.78 is 18.4. The number of methoxy groups -OCH3 is 1. The van der Waals surface area contributed by atoms with Crippen LogP contribution in [0.5, 0.6) is 0 Å². The lowest BCUT2D eigenvalue weighted by atomic mass is 9.74. The Balaban J connectivity index is 1.38. The second-order valence-corrected chi connectivity index (χ2v) is 13.8. The summed E-state index contributed by atoms with van der Waals surface area (Å²) in [5, 5.41) is 14.2. The monoisotopic (exact) mass is 725 g/mol. The molecule has 0 radical (unpaired) electrons. The van der Waals surface area contributed by atoms with Gasteiger partial charge >= 0.3 is 5.97 Å². The van der Waals surface area contributed by atoms with Crippen molar-refractivity contribution < 1.29 is 38.5 Å². The molecule has 5 bridgehead atoms. The molecule has 4 aliphatic heterocycles. The fourth-order valence-corrected chi connectivity index (χ4v) is 8.29. The van der Waals surface area contributed by atoms with Gasteiger partial charge < -0.3 is 34.4 Å². The standard InChI is InChI=1S/C40H40ClN3O8/c1-50-24-28-35(26-15-7-3-8-16-26)51-39(49)33-31-20-21-40(52-31)34(33)37(47)44(30(23-45)25-13-5-2-6-14-25)36(40)38(48)43(29-18-11-10-17-27(29)41)22-12-4-9-19-32(46)42-28/h2-8,10-18,20-21,28,30-31,33-36,45H,9,19,22-24H2,1H3,(H,42,46)/b12-4-/t28-,30-,31+,33-,34-,35-,36+,40-/m1/s1. The highest BCUT2D eigenvalue weighted by Crippen LogP contribution is 2.57. The SMILES string of the molecule is COC[C@H]1NC(=O)CC/C=C\CN(c2ccccc2Cl)C(=O)[C@@H]2N([C@H](CO)c3ccccc3)C(=O)[C@H]3[C@H](C(=O)O[C@@H]1c1ccccc1)[C@@H]1C=C[C@]23O1. The lowest BCUT2D eigenvalue weighted by Gasteiger charge is -2.39. The highest BCUT2D eigenvalue weighted by atomic mass is 35.5. The molecule has 270 valence electrons. The first kappa shape index (κ1) is 35.6. The average molecular weight is 726 g/mol. The molecule has 3 amide bonds. The number of cyclic esters (lactones) is 1. The molecule has 2 fully saturated rings. The molecule has 1 spiro atoms. The largest absolute Gasteiger partial charge is 0.455 e. The van der Waals surface area contributed by atoms with Crippen molar-refractivity contribution in [2.45, 2.75) is 48.8 Å². The third-order valence-corrected chi connectivity index (χ3v) is 10.7. The molecule has 3 aromatic carbocycles. The van der Waals surface area contributed by atoms with Gasteiger partial charge in [-0.05, 0) is 29.7 Å². The predicted octanol–water partition coefficient (Wildman–Crippen LogP) is 4.32. The molecule has 2 N–H and O–H groups in total. The summed E-state index contributed by atoms with van der Waals surface area (Å²) in [6.45, 7) is -0.401. The molecule has 2 saturated heterocycles. The van der Waals surface area contributed by atoms with Crippen molar-refractivity contribution in [1.82, 2.24) is 10.2 Å². The van der Waals surface area contributed by atoms with Crippen molar-refractivity contribution in [2.75, 3.05) is 31.8 Å². The van der Waals surface area contributed by atoms with Crippen LogP contribution in [0.1, 0.15) is 36.1 Å². The van der Waals surface area contributed by atoms with E-state index in [2.05, 4.69) is 5.32 Å². The zero-order chi connectivity index (χ0) is 36.4. The number of likely N-dealkylation sites (tertiary alicyclic amines) is 1. The third-order valence-electron chi connectivity index (χ3n) is 10.3. The van der Waals surface area contributed by atoms with Crippen LogP contribution in [-0.2, 0) is 33.4 Å². The molecule has 11 nitrogen and oxygen atoms in total. The maximum absolute atomic E-state index is 15.2. The highest BCUT2D eigenvalue weighted by Gasteiger charge is 2.74. The number of anilines is 1. The molecule has 12 heteroatoms. The Bertz CT molecular complexity index is 1870. The van der Waals surface area contributed by atoms with E-state index in [1.807, 2.05) is 18.2 Å². The molecule has 4 aliphatic rings. The summed E-state index contributed by atoms with van der Waals surface area (Å²) in [7, 11) is 1.50. The van der Waals surface area contributed by atoms with E-state index in [4.69, 9.17) is 25.8 Å². The third kappa shape index (κ3) is 6.32.